The van der Waals surface area contributed by atoms with E-state index in [1.807, 2.05) is 61.5 Å². The summed E-state index contributed by atoms with van der Waals surface area (Å²) in [5.41, 5.74) is 3.00. The van der Waals surface area contributed by atoms with Crippen LogP contribution >= 0.6 is 0 Å². The summed E-state index contributed by atoms with van der Waals surface area (Å²) in [6.45, 7) is 1.87. The van der Waals surface area contributed by atoms with Gasteiger partial charge in [0.15, 0.2) is 5.78 Å². The topological polar surface area (TPSA) is 26.3 Å². The lowest BCUT2D eigenvalue weighted by atomic mass is 9.96. The lowest BCUT2D eigenvalue weighted by Gasteiger charge is -2.09. The van der Waals surface area contributed by atoms with E-state index in [2.05, 4.69) is 0 Å². The highest BCUT2D eigenvalue weighted by molar-refractivity contribution is 6.00. The summed E-state index contributed by atoms with van der Waals surface area (Å²) in [5, 5.41) is 0. The molecule has 0 bridgehead atoms. The van der Waals surface area contributed by atoms with Crippen molar-refractivity contribution in [1.82, 2.24) is 0 Å². The molecule has 2 nitrogen and oxygen atoms in total. The molecule has 2 heteroatoms. The number of benzene rings is 2. The van der Waals surface area contributed by atoms with Crippen molar-refractivity contribution in [3.05, 3.63) is 71.8 Å². The van der Waals surface area contributed by atoms with Crippen LogP contribution < -0.4 is 4.74 Å². The molecule has 0 aliphatic carbocycles. The number of carbonyl (C=O) groups is 1. The van der Waals surface area contributed by atoms with E-state index < -0.39 is 0 Å². The van der Waals surface area contributed by atoms with Crippen molar-refractivity contribution in [1.29, 1.82) is 0 Å². The SMILES string of the molecule is CCC(=O)/C=C(/c1ccccc1)c1ccc(OC)cc1. The number of ketones is 1. The molecule has 2 aromatic carbocycles. The molecule has 0 atom stereocenters. The number of rotatable bonds is 5. The second-order valence-corrected chi connectivity index (χ2v) is 4.47. The second kappa shape index (κ2) is 6.71. The number of hydrogen-bond donors (Lipinski definition) is 0. The molecule has 0 aliphatic rings. The lowest BCUT2D eigenvalue weighted by molar-refractivity contribution is -0.114. The molecular formula is C18H18O2. The zero-order valence-corrected chi connectivity index (χ0v) is 11.8. The smallest absolute Gasteiger partial charge is 0.156 e. The van der Waals surface area contributed by atoms with Gasteiger partial charge in [0.25, 0.3) is 0 Å². The Labute approximate surface area is 119 Å². The summed E-state index contributed by atoms with van der Waals surface area (Å²) < 4.78 is 5.17. The van der Waals surface area contributed by atoms with Crippen LogP contribution in [0, 0.1) is 0 Å². The third-order valence-electron chi connectivity index (χ3n) is 3.14. The van der Waals surface area contributed by atoms with Gasteiger partial charge in [-0.2, -0.15) is 0 Å². The van der Waals surface area contributed by atoms with Crippen LogP contribution in [0.5, 0.6) is 5.75 Å². The van der Waals surface area contributed by atoms with Gasteiger partial charge < -0.3 is 4.74 Å². The van der Waals surface area contributed by atoms with E-state index in [4.69, 9.17) is 4.74 Å². The zero-order chi connectivity index (χ0) is 14.4. The normalized spacial score (nSPS) is 11.2. The molecule has 0 radical (unpaired) electrons. The first-order chi connectivity index (χ1) is 9.74. The molecule has 0 unspecified atom stereocenters. The van der Waals surface area contributed by atoms with Crippen LogP contribution in [0.3, 0.4) is 0 Å². The van der Waals surface area contributed by atoms with E-state index in [1.165, 1.54) is 0 Å². The minimum atomic E-state index is 0.125. The van der Waals surface area contributed by atoms with Gasteiger partial charge in [-0.15, -0.1) is 0 Å². The molecule has 0 heterocycles. The van der Waals surface area contributed by atoms with Crippen molar-refractivity contribution < 1.29 is 9.53 Å². The molecule has 0 aliphatic heterocycles. The Hall–Kier alpha value is -2.35. The highest BCUT2D eigenvalue weighted by atomic mass is 16.5. The molecule has 20 heavy (non-hydrogen) atoms. The van der Waals surface area contributed by atoms with Crippen LogP contribution in [0.4, 0.5) is 0 Å². The monoisotopic (exact) mass is 266 g/mol. The molecule has 0 spiro atoms. The van der Waals surface area contributed by atoms with Gasteiger partial charge in [0.05, 0.1) is 7.11 Å². The Morgan fingerprint density at radius 3 is 2.15 bits per heavy atom. The van der Waals surface area contributed by atoms with Gasteiger partial charge in [-0.1, -0.05) is 49.4 Å². The minimum absolute atomic E-state index is 0.125. The average Bonchev–Trinajstić information content (AvgIpc) is 2.53. The maximum atomic E-state index is 11.8. The third-order valence-corrected chi connectivity index (χ3v) is 3.14. The van der Waals surface area contributed by atoms with Crippen molar-refractivity contribution in [3.63, 3.8) is 0 Å². The Morgan fingerprint density at radius 2 is 1.60 bits per heavy atom. The van der Waals surface area contributed by atoms with Gasteiger partial charge in [0.2, 0.25) is 0 Å². The van der Waals surface area contributed by atoms with Gasteiger partial charge in [0.1, 0.15) is 5.75 Å². The van der Waals surface area contributed by atoms with E-state index in [0.29, 0.717) is 6.42 Å². The maximum absolute atomic E-state index is 11.8. The average molecular weight is 266 g/mol. The summed E-state index contributed by atoms with van der Waals surface area (Å²) in [5.74, 6) is 0.933. The molecule has 102 valence electrons. The number of ether oxygens (including phenoxy) is 1. The molecular weight excluding hydrogens is 248 g/mol. The van der Waals surface area contributed by atoms with Gasteiger partial charge in [0, 0.05) is 6.42 Å². The summed E-state index contributed by atoms with van der Waals surface area (Å²) in [7, 11) is 1.64. The van der Waals surface area contributed by atoms with E-state index >= 15 is 0 Å². The first kappa shape index (κ1) is 14.1. The van der Waals surface area contributed by atoms with Crippen molar-refractivity contribution in [2.24, 2.45) is 0 Å². The van der Waals surface area contributed by atoms with Gasteiger partial charge >= 0.3 is 0 Å². The quantitative estimate of drug-likeness (QED) is 0.761. The fraction of sp³-hybridized carbons (Fsp3) is 0.167. The molecule has 0 saturated heterocycles. The predicted octanol–water partition coefficient (Wildman–Crippen LogP) is 4.11. The largest absolute Gasteiger partial charge is 0.497 e. The van der Waals surface area contributed by atoms with Crippen molar-refractivity contribution in [2.45, 2.75) is 13.3 Å². The number of hydrogen-bond acceptors (Lipinski definition) is 2. The molecule has 2 aromatic rings. The molecule has 0 fully saturated rings. The fourth-order valence-corrected chi connectivity index (χ4v) is 1.98. The van der Waals surface area contributed by atoms with Crippen molar-refractivity contribution >= 4 is 11.4 Å². The van der Waals surface area contributed by atoms with Crippen LogP contribution in [0.25, 0.3) is 5.57 Å². The number of carbonyl (C=O) groups excluding carboxylic acids is 1. The predicted molar refractivity (Wildman–Crippen MR) is 81.8 cm³/mol. The highest BCUT2D eigenvalue weighted by Gasteiger charge is 2.07. The van der Waals surface area contributed by atoms with Crippen molar-refractivity contribution in [2.75, 3.05) is 7.11 Å². The van der Waals surface area contributed by atoms with Crippen LogP contribution in [0.1, 0.15) is 24.5 Å². The van der Waals surface area contributed by atoms with Crippen LogP contribution in [0.2, 0.25) is 0 Å². The summed E-state index contributed by atoms with van der Waals surface area (Å²) in [6.07, 6.45) is 2.23. The van der Waals surface area contributed by atoms with Crippen LogP contribution in [-0.4, -0.2) is 12.9 Å². The molecule has 0 N–H and O–H groups in total. The lowest BCUT2D eigenvalue weighted by Crippen LogP contribution is -1.95. The zero-order valence-electron chi connectivity index (χ0n) is 11.8. The van der Waals surface area contributed by atoms with E-state index in [9.17, 15) is 4.79 Å². The third kappa shape index (κ3) is 3.35. The van der Waals surface area contributed by atoms with Crippen molar-refractivity contribution in [3.8, 4) is 5.75 Å². The van der Waals surface area contributed by atoms with Crippen LogP contribution in [-0.2, 0) is 4.79 Å². The molecule has 0 amide bonds. The first-order valence-corrected chi connectivity index (χ1v) is 6.69. The highest BCUT2D eigenvalue weighted by Crippen LogP contribution is 2.25. The number of methoxy groups -OCH3 is 1. The summed E-state index contributed by atoms with van der Waals surface area (Å²) in [6, 6.07) is 17.7. The molecule has 2 rings (SSSR count). The van der Waals surface area contributed by atoms with Gasteiger partial charge in [-0.25, -0.2) is 0 Å². The fourth-order valence-electron chi connectivity index (χ4n) is 1.98. The minimum Gasteiger partial charge on any atom is -0.497 e. The number of allylic oxidation sites excluding steroid dienone is 1. The van der Waals surface area contributed by atoms with E-state index in [-0.39, 0.29) is 5.78 Å². The maximum Gasteiger partial charge on any atom is 0.156 e. The second-order valence-electron chi connectivity index (χ2n) is 4.47. The Balaban J connectivity index is 2.46. The molecule has 0 saturated carbocycles. The standard InChI is InChI=1S/C18H18O2/c1-3-16(19)13-18(14-7-5-4-6-8-14)15-9-11-17(20-2)12-10-15/h4-13H,3H2,1-2H3/b18-13-. The Morgan fingerprint density at radius 1 is 1.00 bits per heavy atom. The summed E-state index contributed by atoms with van der Waals surface area (Å²) in [4.78, 5) is 11.8. The molecule has 0 aromatic heterocycles. The Kier molecular flexibility index (Phi) is 4.72. The van der Waals surface area contributed by atoms with Crippen LogP contribution in [0.15, 0.2) is 60.7 Å². The van der Waals surface area contributed by atoms with E-state index in [0.717, 1.165) is 22.4 Å². The van der Waals surface area contributed by atoms with Gasteiger partial charge in [-0.3, -0.25) is 4.79 Å². The Bertz CT molecular complexity index is 595. The first-order valence-electron chi connectivity index (χ1n) is 6.69. The van der Waals surface area contributed by atoms with E-state index in [1.54, 1.807) is 13.2 Å². The summed E-state index contributed by atoms with van der Waals surface area (Å²) >= 11 is 0. The van der Waals surface area contributed by atoms with Gasteiger partial charge in [-0.05, 0) is 34.9 Å².